The molecule has 2 aromatic rings. The zero-order chi connectivity index (χ0) is 19.8. The molecule has 0 bridgehead atoms. The number of nitrogens with one attached hydrogen (secondary N) is 2. The summed E-state index contributed by atoms with van der Waals surface area (Å²) in [5.74, 6) is -1.26. The Morgan fingerprint density at radius 2 is 1.93 bits per heavy atom. The molecule has 0 heterocycles. The molecular formula is C18H19N3O6. The summed E-state index contributed by atoms with van der Waals surface area (Å²) < 4.78 is 5.02. The molecule has 0 aliphatic heterocycles. The molecule has 0 saturated heterocycles. The molecule has 0 atom stereocenters. The van der Waals surface area contributed by atoms with Gasteiger partial charge in [-0.3, -0.25) is 14.9 Å². The van der Waals surface area contributed by atoms with Crippen molar-refractivity contribution >= 4 is 28.9 Å². The van der Waals surface area contributed by atoms with Crippen molar-refractivity contribution in [1.29, 1.82) is 0 Å². The van der Waals surface area contributed by atoms with Crippen LogP contribution in [0, 0.1) is 17.0 Å². The predicted molar refractivity (Wildman–Crippen MR) is 98.8 cm³/mol. The van der Waals surface area contributed by atoms with Gasteiger partial charge in [0.15, 0.2) is 6.61 Å². The van der Waals surface area contributed by atoms with Crippen molar-refractivity contribution < 1.29 is 24.4 Å². The lowest BCUT2D eigenvalue weighted by atomic mass is 10.1. The highest BCUT2D eigenvalue weighted by Crippen LogP contribution is 2.21. The lowest BCUT2D eigenvalue weighted by Crippen LogP contribution is -2.22. The number of benzene rings is 2. The molecule has 2 rings (SSSR count). The van der Waals surface area contributed by atoms with E-state index in [1.807, 2.05) is 0 Å². The van der Waals surface area contributed by atoms with Gasteiger partial charge < -0.3 is 20.5 Å². The normalized spacial score (nSPS) is 10.1. The Hall–Kier alpha value is -3.46. The molecular weight excluding hydrogens is 354 g/mol. The van der Waals surface area contributed by atoms with E-state index in [1.165, 1.54) is 18.2 Å². The van der Waals surface area contributed by atoms with Crippen LogP contribution in [0.4, 0.5) is 17.1 Å². The highest BCUT2D eigenvalue weighted by molar-refractivity contribution is 5.98. The van der Waals surface area contributed by atoms with Crippen molar-refractivity contribution in [2.75, 3.05) is 30.4 Å². The van der Waals surface area contributed by atoms with Gasteiger partial charge in [-0.2, -0.15) is 0 Å². The maximum absolute atomic E-state index is 12.2. The summed E-state index contributed by atoms with van der Waals surface area (Å²) in [5, 5.41) is 25.0. The number of rotatable bonds is 8. The number of amides is 1. The molecule has 27 heavy (non-hydrogen) atoms. The minimum Gasteiger partial charge on any atom is -0.452 e. The van der Waals surface area contributed by atoms with Gasteiger partial charge in [-0.1, -0.05) is 12.1 Å². The molecule has 0 unspecified atom stereocenters. The van der Waals surface area contributed by atoms with Gasteiger partial charge in [0.05, 0.1) is 17.1 Å². The van der Waals surface area contributed by atoms with Crippen LogP contribution in [0.2, 0.25) is 0 Å². The predicted octanol–water partition coefficient (Wildman–Crippen LogP) is 2.10. The van der Waals surface area contributed by atoms with Gasteiger partial charge in [0.1, 0.15) is 0 Å². The second-order valence-corrected chi connectivity index (χ2v) is 5.58. The van der Waals surface area contributed by atoms with Crippen LogP contribution in [0.1, 0.15) is 15.9 Å². The molecule has 0 aliphatic rings. The lowest BCUT2D eigenvalue weighted by Gasteiger charge is -2.11. The molecule has 1 amide bonds. The number of aliphatic hydroxyl groups is 1. The first-order valence-corrected chi connectivity index (χ1v) is 8.08. The van der Waals surface area contributed by atoms with Gasteiger partial charge >= 0.3 is 5.97 Å². The van der Waals surface area contributed by atoms with E-state index in [0.717, 1.165) is 0 Å². The quantitative estimate of drug-likeness (QED) is 0.367. The summed E-state index contributed by atoms with van der Waals surface area (Å²) in [6.07, 6.45) is 0. The number of hydrogen-bond acceptors (Lipinski definition) is 7. The average Bonchev–Trinajstić information content (AvgIpc) is 2.66. The number of para-hydroxylation sites is 1. The van der Waals surface area contributed by atoms with E-state index < -0.39 is 23.4 Å². The Labute approximate surface area is 155 Å². The fraction of sp³-hybridized carbons (Fsp3) is 0.222. The van der Waals surface area contributed by atoms with Crippen LogP contribution in [0.25, 0.3) is 0 Å². The van der Waals surface area contributed by atoms with Crippen LogP contribution in [-0.2, 0) is 9.53 Å². The largest absolute Gasteiger partial charge is 0.452 e. The van der Waals surface area contributed by atoms with Gasteiger partial charge in [-0.05, 0) is 30.7 Å². The number of carbonyl (C=O) groups excluding carboxylic acids is 2. The molecule has 3 N–H and O–H groups in total. The number of nitro benzene ring substituents is 1. The zero-order valence-corrected chi connectivity index (χ0v) is 14.6. The van der Waals surface area contributed by atoms with Crippen molar-refractivity contribution in [3.8, 4) is 0 Å². The average molecular weight is 373 g/mol. The van der Waals surface area contributed by atoms with Crippen molar-refractivity contribution in [2.24, 2.45) is 0 Å². The highest BCUT2D eigenvalue weighted by atomic mass is 16.6. The summed E-state index contributed by atoms with van der Waals surface area (Å²) in [5.41, 5.74) is 1.56. The van der Waals surface area contributed by atoms with Crippen molar-refractivity contribution in [3.05, 3.63) is 63.7 Å². The Morgan fingerprint density at radius 1 is 1.19 bits per heavy atom. The number of aliphatic hydroxyl groups excluding tert-OH is 1. The van der Waals surface area contributed by atoms with Crippen LogP contribution in [0.15, 0.2) is 42.5 Å². The summed E-state index contributed by atoms with van der Waals surface area (Å²) in [6, 6.07) is 10.6. The number of esters is 1. The van der Waals surface area contributed by atoms with E-state index in [4.69, 9.17) is 9.84 Å². The van der Waals surface area contributed by atoms with E-state index in [9.17, 15) is 19.7 Å². The van der Waals surface area contributed by atoms with Gasteiger partial charge in [0.25, 0.3) is 11.6 Å². The van der Waals surface area contributed by atoms with Crippen LogP contribution < -0.4 is 10.6 Å². The zero-order valence-electron chi connectivity index (χ0n) is 14.6. The number of non-ortho nitro benzene ring substituents is 1. The number of nitro groups is 1. The van der Waals surface area contributed by atoms with E-state index in [-0.39, 0.29) is 24.4 Å². The number of aryl methyl sites for hydroxylation is 1. The number of ether oxygens (including phenoxy) is 1. The third kappa shape index (κ3) is 5.51. The summed E-state index contributed by atoms with van der Waals surface area (Å²) >= 11 is 0. The Kier molecular flexibility index (Phi) is 6.84. The van der Waals surface area contributed by atoms with Crippen molar-refractivity contribution in [1.82, 2.24) is 0 Å². The Balaban J connectivity index is 1.96. The maximum atomic E-state index is 12.2. The molecule has 142 valence electrons. The fourth-order valence-electron chi connectivity index (χ4n) is 2.30. The Bertz CT molecular complexity index is 853. The van der Waals surface area contributed by atoms with E-state index in [2.05, 4.69) is 10.6 Å². The first-order chi connectivity index (χ1) is 12.9. The van der Waals surface area contributed by atoms with Gasteiger partial charge in [0, 0.05) is 30.1 Å². The molecule has 0 aliphatic carbocycles. The SMILES string of the molecule is Cc1cc([N+](=O)[O-])ccc1NC(=O)COC(=O)c1ccccc1NCCO. The number of carbonyl (C=O) groups is 2. The van der Waals surface area contributed by atoms with Crippen LogP contribution in [0.3, 0.4) is 0 Å². The summed E-state index contributed by atoms with van der Waals surface area (Å²) in [4.78, 5) is 34.4. The van der Waals surface area contributed by atoms with Gasteiger partial charge in [0.2, 0.25) is 0 Å². The first-order valence-electron chi connectivity index (χ1n) is 8.08. The number of anilines is 2. The van der Waals surface area contributed by atoms with Crippen LogP contribution >= 0.6 is 0 Å². The number of nitrogens with zero attached hydrogens (tertiary/aromatic N) is 1. The second-order valence-electron chi connectivity index (χ2n) is 5.58. The molecule has 0 aromatic heterocycles. The fourth-order valence-corrected chi connectivity index (χ4v) is 2.30. The number of hydrogen-bond donors (Lipinski definition) is 3. The molecule has 9 nitrogen and oxygen atoms in total. The molecule has 9 heteroatoms. The first kappa shape index (κ1) is 19.9. The standard InChI is InChI=1S/C18H19N3O6/c1-12-10-13(21(25)26)6-7-15(12)20-17(23)11-27-18(24)14-4-2-3-5-16(14)19-8-9-22/h2-7,10,19,22H,8-9,11H2,1H3,(H,20,23). The third-order valence-electron chi connectivity index (χ3n) is 3.60. The van der Waals surface area contributed by atoms with E-state index in [0.29, 0.717) is 16.9 Å². The molecule has 0 radical (unpaired) electrons. The third-order valence-corrected chi connectivity index (χ3v) is 3.60. The summed E-state index contributed by atoms with van der Waals surface area (Å²) in [7, 11) is 0. The van der Waals surface area contributed by atoms with Gasteiger partial charge in [-0.25, -0.2) is 4.79 Å². The molecule has 0 saturated carbocycles. The second kappa shape index (κ2) is 9.30. The van der Waals surface area contributed by atoms with Crippen LogP contribution in [-0.4, -0.2) is 41.7 Å². The summed E-state index contributed by atoms with van der Waals surface area (Å²) in [6.45, 7) is 1.28. The van der Waals surface area contributed by atoms with Crippen molar-refractivity contribution in [3.63, 3.8) is 0 Å². The molecule has 0 fully saturated rings. The highest BCUT2D eigenvalue weighted by Gasteiger charge is 2.15. The molecule has 2 aromatic carbocycles. The smallest absolute Gasteiger partial charge is 0.340 e. The minimum atomic E-state index is -0.688. The molecule has 0 spiro atoms. The topological polar surface area (TPSA) is 131 Å². The lowest BCUT2D eigenvalue weighted by molar-refractivity contribution is -0.384. The van der Waals surface area contributed by atoms with Crippen LogP contribution in [0.5, 0.6) is 0 Å². The van der Waals surface area contributed by atoms with E-state index in [1.54, 1.807) is 31.2 Å². The minimum absolute atomic E-state index is 0.0797. The monoisotopic (exact) mass is 373 g/mol. The Morgan fingerprint density at radius 3 is 2.59 bits per heavy atom. The maximum Gasteiger partial charge on any atom is 0.340 e. The van der Waals surface area contributed by atoms with E-state index >= 15 is 0 Å². The van der Waals surface area contributed by atoms with Crippen molar-refractivity contribution in [2.45, 2.75) is 6.92 Å². The van der Waals surface area contributed by atoms with Gasteiger partial charge in [-0.15, -0.1) is 0 Å².